The van der Waals surface area contributed by atoms with E-state index in [4.69, 9.17) is 0 Å². The van der Waals surface area contributed by atoms with Gasteiger partial charge < -0.3 is 5.32 Å². The summed E-state index contributed by atoms with van der Waals surface area (Å²) in [4.78, 5) is 0. The molecule has 1 aromatic carbocycles. The number of hydrogen-bond donors (Lipinski definition) is 1. The van der Waals surface area contributed by atoms with Gasteiger partial charge in [0.1, 0.15) is 0 Å². The summed E-state index contributed by atoms with van der Waals surface area (Å²) in [6.45, 7) is 11.1. The van der Waals surface area contributed by atoms with E-state index >= 15 is 0 Å². The van der Waals surface area contributed by atoms with Gasteiger partial charge >= 0.3 is 0 Å². The van der Waals surface area contributed by atoms with Gasteiger partial charge in [0.15, 0.2) is 0 Å². The van der Waals surface area contributed by atoms with E-state index in [0.717, 1.165) is 19.0 Å². The van der Waals surface area contributed by atoms with Crippen LogP contribution >= 0.6 is 0 Å². The SMILES string of the molecule is CCNCCC(C)Cc1cc(C)cc(C)c1. The molecule has 0 saturated carbocycles. The maximum atomic E-state index is 3.39. The molecule has 0 aliphatic rings. The minimum absolute atomic E-state index is 0.764. The van der Waals surface area contributed by atoms with Gasteiger partial charge in [-0.15, -0.1) is 0 Å². The molecule has 1 aromatic rings. The lowest BCUT2D eigenvalue weighted by molar-refractivity contribution is 0.504. The molecule has 16 heavy (non-hydrogen) atoms. The number of hydrogen-bond acceptors (Lipinski definition) is 1. The first kappa shape index (κ1) is 13.2. The second-order valence-electron chi connectivity index (χ2n) is 4.95. The number of benzene rings is 1. The van der Waals surface area contributed by atoms with Crippen molar-refractivity contribution in [2.75, 3.05) is 13.1 Å². The lowest BCUT2D eigenvalue weighted by atomic mass is 9.96. The van der Waals surface area contributed by atoms with Gasteiger partial charge in [0, 0.05) is 0 Å². The van der Waals surface area contributed by atoms with Gasteiger partial charge in [0.05, 0.1) is 0 Å². The minimum Gasteiger partial charge on any atom is -0.317 e. The van der Waals surface area contributed by atoms with Crippen molar-refractivity contribution in [3.8, 4) is 0 Å². The monoisotopic (exact) mass is 219 g/mol. The number of nitrogens with one attached hydrogen (secondary N) is 1. The van der Waals surface area contributed by atoms with Crippen molar-refractivity contribution >= 4 is 0 Å². The summed E-state index contributed by atoms with van der Waals surface area (Å²) in [6.07, 6.45) is 2.47. The standard InChI is InChI=1S/C15H25N/c1-5-16-7-6-12(2)9-15-10-13(3)8-14(4)11-15/h8,10-12,16H,5-7,9H2,1-4H3. The molecule has 1 heteroatoms. The molecule has 0 spiro atoms. The van der Waals surface area contributed by atoms with Gasteiger partial charge in [0.2, 0.25) is 0 Å². The minimum atomic E-state index is 0.764. The van der Waals surface area contributed by atoms with Crippen LogP contribution in [0.4, 0.5) is 0 Å². The van der Waals surface area contributed by atoms with E-state index in [0.29, 0.717) is 0 Å². The molecule has 1 unspecified atom stereocenters. The molecule has 0 heterocycles. The Hall–Kier alpha value is -0.820. The topological polar surface area (TPSA) is 12.0 Å². The average molecular weight is 219 g/mol. The van der Waals surface area contributed by atoms with E-state index in [1.165, 1.54) is 29.5 Å². The summed E-state index contributed by atoms with van der Waals surface area (Å²) < 4.78 is 0. The summed E-state index contributed by atoms with van der Waals surface area (Å²) in [6, 6.07) is 6.88. The fraction of sp³-hybridized carbons (Fsp3) is 0.600. The van der Waals surface area contributed by atoms with Crippen LogP contribution in [0, 0.1) is 19.8 Å². The van der Waals surface area contributed by atoms with Crippen molar-refractivity contribution in [1.29, 1.82) is 0 Å². The van der Waals surface area contributed by atoms with Crippen LogP contribution in [0.15, 0.2) is 18.2 Å². The maximum absolute atomic E-state index is 3.39. The van der Waals surface area contributed by atoms with E-state index in [1.807, 2.05) is 0 Å². The molecule has 0 radical (unpaired) electrons. The van der Waals surface area contributed by atoms with E-state index in [-0.39, 0.29) is 0 Å². The fourth-order valence-corrected chi connectivity index (χ4v) is 2.22. The molecule has 0 saturated heterocycles. The molecule has 0 aromatic heterocycles. The molecule has 0 aliphatic carbocycles. The summed E-state index contributed by atoms with van der Waals surface area (Å²) in [5, 5.41) is 3.39. The first-order valence-corrected chi connectivity index (χ1v) is 6.39. The van der Waals surface area contributed by atoms with Crippen LogP contribution in [0.3, 0.4) is 0 Å². The lowest BCUT2D eigenvalue weighted by Gasteiger charge is -2.12. The maximum Gasteiger partial charge on any atom is -0.00464 e. The second-order valence-corrected chi connectivity index (χ2v) is 4.95. The molecule has 1 atom stereocenters. The highest BCUT2D eigenvalue weighted by molar-refractivity contribution is 5.28. The van der Waals surface area contributed by atoms with Crippen LogP contribution < -0.4 is 5.32 Å². The third kappa shape index (κ3) is 4.80. The van der Waals surface area contributed by atoms with Gasteiger partial charge in [0.25, 0.3) is 0 Å². The molecule has 90 valence electrons. The van der Waals surface area contributed by atoms with E-state index < -0.39 is 0 Å². The predicted molar refractivity (Wildman–Crippen MR) is 71.9 cm³/mol. The van der Waals surface area contributed by atoms with E-state index in [2.05, 4.69) is 51.2 Å². The normalized spacial score (nSPS) is 12.8. The van der Waals surface area contributed by atoms with Crippen LogP contribution in [0.5, 0.6) is 0 Å². The molecule has 0 bridgehead atoms. The molecular weight excluding hydrogens is 194 g/mol. The Kier molecular flexibility index (Phi) is 5.54. The van der Waals surface area contributed by atoms with Crippen molar-refractivity contribution in [2.45, 2.75) is 40.5 Å². The summed E-state index contributed by atoms with van der Waals surface area (Å²) in [5.41, 5.74) is 4.25. The van der Waals surface area contributed by atoms with Gasteiger partial charge in [-0.2, -0.15) is 0 Å². The van der Waals surface area contributed by atoms with E-state index in [9.17, 15) is 0 Å². The smallest absolute Gasteiger partial charge is 0.00464 e. The summed E-state index contributed by atoms with van der Waals surface area (Å²) in [5.74, 6) is 0.764. The summed E-state index contributed by atoms with van der Waals surface area (Å²) >= 11 is 0. The highest BCUT2D eigenvalue weighted by atomic mass is 14.8. The summed E-state index contributed by atoms with van der Waals surface area (Å²) in [7, 11) is 0. The highest BCUT2D eigenvalue weighted by Gasteiger charge is 2.04. The zero-order valence-electron chi connectivity index (χ0n) is 11.1. The van der Waals surface area contributed by atoms with Crippen LogP contribution in [0.1, 0.15) is 37.0 Å². The Morgan fingerprint density at radius 3 is 2.31 bits per heavy atom. The first-order valence-electron chi connectivity index (χ1n) is 6.39. The second kappa shape index (κ2) is 6.70. The third-order valence-corrected chi connectivity index (χ3v) is 2.93. The van der Waals surface area contributed by atoms with Crippen LogP contribution in [-0.2, 0) is 6.42 Å². The molecule has 1 rings (SSSR count). The van der Waals surface area contributed by atoms with Crippen LogP contribution in [0.2, 0.25) is 0 Å². The zero-order valence-corrected chi connectivity index (χ0v) is 11.1. The van der Waals surface area contributed by atoms with Gasteiger partial charge in [-0.3, -0.25) is 0 Å². The van der Waals surface area contributed by atoms with Gasteiger partial charge in [-0.25, -0.2) is 0 Å². The highest BCUT2D eigenvalue weighted by Crippen LogP contribution is 2.15. The van der Waals surface area contributed by atoms with Gasteiger partial charge in [-0.1, -0.05) is 43.2 Å². The molecular formula is C15H25N. The Balaban J connectivity index is 2.45. The molecule has 0 aliphatic heterocycles. The Bertz CT molecular complexity index is 297. The van der Waals surface area contributed by atoms with Gasteiger partial charge in [-0.05, 0) is 51.3 Å². The van der Waals surface area contributed by atoms with Crippen molar-refractivity contribution < 1.29 is 0 Å². The van der Waals surface area contributed by atoms with Crippen molar-refractivity contribution in [1.82, 2.24) is 5.32 Å². The zero-order chi connectivity index (χ0) is 12.0. The fourth-order valence-electron chi connectivity index (χ4n) is 2.22. The molecule has 0 fully saturated rings. The van der Waals surface area contributed by atoms with Crippen molar-refractivity contribution in [2.24, 2.45) is 5.92 Å². The largest absolute Gasteiger partial charge is 0.317 e. The quantitative estimate of drug-likeness (QED) is 0.722. The Morgan fingerprint density at radius 2 is 1.75 bits per heavy atom. The van der Waals surface area contributed by atoms with Crippen molar-refractivity contribution in [3.05, 3.63) is 34.9 Å². The Labute approximate surface area is 100 Å². The van der Waals surface area contributed by atoms with Crippen LogP contribution in [-0.4, -0.2) is 13.1 Å². The third-order valence-electron chi connectivity index (χ3n) is 2.93. The average Bonchev–Trinajstić information content (AvgIpc) is 2.16. The lowest BCUT2D eigenvalue weighted by Crippen LogP contribution is -2.17. The Morgan fingerprint density at radius 1 is 1.12 bits per heavy atom. The van der Waals surface area contributed by atoms with Crippen molar-refractivity contribution in [3.63, 3.8) is 0 Å². The van der Waals surface area contributed by atoms with Crippen LogP contribution in [0.25, 0.3) is 0 Å². The molecule has 1 nitrogen and oxygen atoms in total. The predicted octanol–water partition coefficient (Wildman–Crippen LogP) is 3.48. The molecule has 0 amide bonds. The number of rotatable bonds is 6. The van der Waals surface area contributed by atoms with E-state index in [1.54, 1.807) is 0 Å². The molecule has 1 N–H and O–H groups in total. The number of aryl methyl sites for hydroxylation is 2. The first-order chi connectivity index (χ1) is 7.61.